The number of rotatable bonds is 8. The lowest BCUT2D eigenvalue weighted by molar-refractivity contribution is 0.1000. The summed E-state index contributed by atoms with van der Waals surface area (Å²) in [7, 11) is 0. The zero-order chi connectivity index (χ0) is 18.1. The number of ether oxygens (including phenoxy) is 1. The van der Waals surface area contributed by atoms with Gasteiger partial charge in [-0.2, -0.15) is 0 Å². The summed E-state index contributed by atoms with van der Waals surface area (Å²) in [4.78, 5) is 27.1. The SMILES string of the molecule is CCOc1cc(CNC(=O)NCCc2cccc(C(N)=O)c2)ccn1. The van der Waals surface area contributed by atoms with Crippen molar-refractivity contribution in [2.75, 3.05) is 13.2 Å². The van der Waals surface area contributed by atoms with Crippen LogP contribution in [0.3, 0.4) is 0 Å². The molecule has 7 heteroatoms. The van der Waals surface area contributed by atoms with Gasteiger partial charge < -0.3 is 21.1 Å². The van der Waals surface area contributed by atoms with Gasteiger partial charge in [0.15, 0.2) is 0 Å². The Bertz CT molecular complexity index is 734. The number of carbonyl (C=O) groups is 2. The van der Waals surface area contributed by atoms with Crippen LogP contribution in [0.1, 0.15) is 28.4 Å². The standard InChI is InChI=1S/C18H22N4O3/c1-2-25-16-11-14(7-8-20-16)12-22-18(24)21-9-6-13-4-3-5-15(10-13)17(19)23/h3-5,7-8,10-11H,2,6,9,12H2,1H3,(H2,19,23)(H2,21,22,24). The molecular weight excluding hydrogens is 320 g/mol. The minimum Gasteiger partial charge on any atom is -0.478 e. The fraction of sp³-hybridized carbons (Fsp3) is 0.278. The molecule has 3 amide bonds. The molecule has 2 rings (SSSR count). The van der Waals surface area contributed by atoms with E-state index in [-0.39, 0.29) is 6.03 Å². The van der Waals surface area contributed by atoms with Crippen molar-refractivity contribution in [3.63, 3.8) is 0 Å². The van der Waals surface area contributed by atoms with Crippen molar-refractivity contribution in [3.8, 4) is 5.88 Å². The van der Waals surface area contributed by atoms with E-state index in [0.29, 0.717) is 37.6 Å². The van der Waals surface area contributed by atoms with Crippen LogP contribution in [0.4, 0.5) is 4.79 Å². The van der Waals surface area contributed by atoms with E-state index >= 15 is 0 Å². The molecule has 0 spiro atoms. The number of primary amides is 1. The molecule has 1 aromatic carbocycles. The van der Waals surface area contributed by atoms with Gasteiger partial charge in [-0.3, -0.25) is 4.79 Å². The summed E-state index contributed by atoms with van der Waals surface area (Å²) < 4.78 is 5.32. The number of benzene rings is 1. The van der Waals surface area contributed by atoms with Crippen LogP contribution < -0.4 is 21.1 Å². The van der Waals surface area contributed by atoms with Gasteiger partial charge in [0.25, 0.3) is 0 Å². The van der Waals surface area contributed by atoms with Crippen molar-refractivity contribution in [1.29, 1.82) is 0 Å². The predicted octanol–water partition coefficient (Wildman–Crippen LogP) is 1.62. The highest BCUT2D eigenvalue weighted by Gasteiger charge is 2.04. The molecule has 0 radical (unpaired) electrons. The van der Waals surface area contributed by atoms with Gasteiger partial charge >= 0.3 is 6.03 Å². The van der Waals surface area contributed by atoms with E-state index in [1.165, 1.54) is 0 Å². The van der Waals surface area contributed by atoms with E-state index < -0.39 is 5.91 Å². The number of amides is 3. The molecule has 2 aromatic rings. The number of nitrogens with one attached hydrogen (secondary N) is 2. The fourth-order valence-corrected chi connectivity index (χ4v) is 2.23. The molecule has 0 bridgehead atoms. The Morgan fingerprint density at radius 2 is 2.00 bits per heavy atom. The van der Waals surface area contributed by atoms with Crippen molar-refractivity contribution in [3.05, 3.63) is 59.3 Å². The number of pyridine rings is 1. The molecule has 0 unspecified atom stereocenters. The van der Waals surface area contributed by atoms with E-state index in [9.17, 15) is 9.59 Å². The summed E-state index contributed by atoms with van der Waals surface area (Å²) in [6, 6.07) is 10.4. The van der Waals surface area contributed by atoms with Gasteiger partial charge in [-0.25, -0.2) is 9.78 Å². The van der Waals surface area contributed by atoms with E-state index in [1.807, 2.05) is 19.1 Å². The Labute approximate surface area is 146 Å². The Balaban J connectivity index is 1.75. The summed E-state index contributed by atoms with van der Waals surface area (Å²) in [6.45, 7) is 3.26. The molecule has 1 aromatic heterocycles. The van der Waals surface area contributed by atoms with Crippen molar-refractivity contribution in [1.82, 2.24) is 15.6 Å². The van der Waals surface area contributed by atoms with Crippen LogP contribution in [0, 0.1) is 0 Å². The second-order valence-electron chi connectivity index (χ2n) is 5.36. The Morgan fingerprint density at radius 3 is 2.76 bits per heavy atom. The summed E-state index contributed by atoms with van der Waals surface area (Å²) in [5.74, 6) is 0.0767. The smallest absolute Gasteiger partial charge is 0.315 e. The van der Waals surface area contributed by atoms with E-state index in [0.717, 1.165) is 11.1 Å². The van der Waals surface area contributed by atoms with Crippen LogP contribution in [0.25, 0.3) is 0 Å². The maximum Gasteiger partial charge on any atom is 0.315 e. The second kappa shape index (κ2) is 9.27. The molecular formula is C18H22N4O3. The average Bonchev–Trinajstić information content (AvgIpc) is 2.61. The minimum atomic E-state index is -0.462. The zero-order valence-electron chi connectivity index (χ0n) is 14.1. The third-order valence-corrected chi connectivity index (χ3v) is 3.46. The lowest BCUT2D eigenvalue weighted by atomic mass is 10.1. The number of hydrogen-bond acceptors (Lipinski definition) is 4. The molecule has 1 heterocycles. The van der Waals surface area contributed by atoms with Gasteiger partial charge in [-0.15, -0.1) is 0 Å². The van der Waals surface area contributed by atoms with Crippen LogP contribution >= 0.6 is 0 Å². The van der Waals surface area contributed by atoms with Crippen molar-refractivity contribution in [2.24, 2.45) is 5.73 Å². The van der Waals surface area contributed by atoms with Gasteiger partial charge in [0.1, 0.15) is 0 Å². The van der Waals surface area contributed by atoms with Crippen molar-refractivity contribution >= 4 is 11.9 Å². The first kappa shape index (κ1) is 18.3. The monoisotopic (exact) mass is 342 g/mol. The summed E-state index contributed by atoms with van der Waals surface area (Å²) in [6.07, 6.45) is 2.25. The molecule has 0 aliphatic heterocycles. The molecule has 7 nitrogen and oxygen atoms in total. The first-order valence-corrected chi connectivity index (χ1v) is 8.06. The van der Waals surface area contributed by atoms with E-state index in [1.54, 1.807) is 30.5 Å². The van der Waals surface area contributed by atoms with Crippen LogP contribution in [-0.4, -0.2) is 30.1 Å². The van der Waals surface area contributed by atoms with Gasteiger partial charge in [0, 0.05) is 30.9 Å². The predicted molar refractivity (Wildman–Crippen MR) is 94.3 cm³/mol. The Kier molecular flexibility index (Phi) is 6.76. The summed E-state index contributed by atoms with van der Waals surface area (Å²) >= 11 is 0. The molecule has 0 fully saturated rings. The molecule has 0 saturated heterocycles. The Hall–Kier alpha value is -3.09. The van der Waals surface area contributed by atoms with Gasteiger partial charge in [0.2, 0.25) is 11.8 Å². The topological polar surface area (TPSA) is 106 Å². The number of aromatic nitrogens is 1. The number of urea groups is 1. The highest BCUT2D eigenvalue weighted by Crippen LogP contribution is 2.09. The molecule has 0 atom stereocenters. The van der Waals surface area contributed by atoms with E-state index in [4.69, 9.17) is 10.5 Å². The first-order valence-electron chi connectivity index (χ1n) is 8.06. The first-order chi connectivity index (χ1) is 12.1. The lowest BCUT2D eigenvalue weighted by Gasteiger charge is -2.09. The lowest BCUT2D eigenvalue weighted by Crippen LogP contribution is -2.36. The minimum absolute atomic E-state index is 0.263. The highest BCUT2D eigenvalue weighted by molar-refractivity contribution is 5.92. The quantitative estimate of drug-likeness (QED) is 0.677. The van der Waals surface area contributed by atoms with Crippen LogP contribution in [0.5, 0.6) is 5.88 Å². The molecule has 0 saturated carbocycles. The molecule has 4 N–H and O–H groups in total. The maximum absolute atomic E-state index is 11.8. The maximum atomic E-state index is 11.8. The van der Waals surface area contributed by atoms with Crippen LogP contribution in [0.2, 0.25) is 0 Å². The highest BCUT2D eigenvalue weighted by atomic mass is 16.5. The molecule has 0 aliphatic carbocycles. The normalized spacial score (nSPS) is 10.1. The summed E-state index contributed by atoms with van der Waals surface area (Å²) in [5, 5.41) is 5.55. The second-order valence-corrected chi connectivity index (χ2v) is 5.36. The molecule has 25 heavy (non-hydrogen) atoms. The van der Waals surface area contributed by atoms with Crippen LogP contribution in [0.15, 0.2) is 42.6 Å². The average molecular weight is 342 g/mol. The van der Waals surface area contributed by atoms with Gasteiger partial charge in [-0.1, -0.05) is 12.1 Å². The fourth-order valence-electron chi connectivity index (χ4n) is 2.23. The Morgan fingerprint density at radius 1 is 1.16 bits per heavy atom. The third-order valence-electron chi connectivity index (χ3n) is 3.46. The number of nitrogens with two attached hydrogens (primary N) is 1. The van der Waals surface area contributed by atoms with Gasteiger partial charge in [0.05, 0.1) is 6.61 Å². The largest absolute Gasteiger partial charge is 0.478 e. The third kappa shape index (κ3) is 6.14. The number of carbonyl (C=O) groups excluding carboxylic acids is 2. The van der Waals surface area contributed by atoms with E-state index in [2.05, 4.69) is 15.6 Å². The van der Waals surface area contributed by atoms with Crippen molar-refractivity contribution < 1.29 is 14.3 Å². The number of hydrogen-bond donors (Lipinski definition) is 3. The molecule has 0 aliphatic rings. The van der Waals surface area contributed by atoms with Crippen LogP contribution in [-0.2, 0) is 13.0 Å². The molecule has 132 valence electrons. The van der Waals surface area contributed by atoms with Crippen molar-refractivity contribution in [2.45, 2.75) is 19.9 Å². The number of nitrogens with zero attached hydrogens (tertiary/aromatic N) is 1. The van der Waals surface area contributed by atoms with Gasteiger partial charge in [-0.05, 0) is 42.7 Å². The zero-order valence-corrected chi connectivity index (χ0v) is 14.1. The summed E-state index contributed by atoms with van der Waals surface area (Å²) in [5.41, 5.74) is 7.56.